The Morgan fingerprint density at radius 3 is 1.50 bits per heavy atom. The summed E-state index contributed by atoms with van der Waals surface area (Å²) in [4.78, 5) is 22.0. The van der Waals surface area contributed by atoms with Gasteiger partial charge < -0.3 is 18.5 Å². The van der Waals surface area contributed by atoms with Crippen molar-refractivity contribution < 1.29 is 32.7 Å². The summed E-state index contributed by atoms with van der Waals surface area (Å²) in [5.74, 6) is -0.753. The Balaban J connectivity index is 2.35. The van der Waals surface area contributed by atoms with Crippen LogP contribution in [0.5, 0.6) is 0 Å². The van der Waals surface area contributed by atoms with Crippen LogP contribution in [-0.4, -0.2) is 38.4 Å². The molecule has 0 unspecified atom stereocenters. The SMILES string of the molecule is C=CC(=O)OCCCCCCCCOP(=O)(OCCCCCCCCOC(=O)C=C)c1cccc(C)c1C. The molecule has 0 heterocycles. The summed E-state index contributed by atoms with van der Waals surface area (Å²) >= 11 is 0. The fourth-order valence-corrected chi connectivity index (χ4v) is 5.81. The zero-order valence-corrected chi connectivity index (χ0v) is 24.3. The molecule has 0 aliphatic heterocycles. The molecule has 0 saturated carbocycles. The molecule has 8 heteroatoms. The molecule has 0 bridgehead atoms. The molecule has 38 heavy (non-hydrogen) atoms. The van der Waals surface area contributed by atoms with E-state index in [0.717, 1.165) is 88.2 Å². The molecule has 0 fully saturated rings. The van der Waals surface area contributed by atoms with E-state index in [1.807, 2.05) is 32.0 Å². The number of carbonyl (C=O) groups excluding carboxylic acids is 2. The van der Waals surface area contributed by atoms with Crippen LogP contribution in [0.4, 0.5) is 0 Å². The molecule has 0 N–H and O–H groups in total. The van der Waals surface area contributed by atoms with Crippen LogP contribution in [0, 0.1) is 13.8 Å². The average Bonchev–Trinajstić information content (AvgIpc) is 2.91. The molecule has 0 spiro atoms. The van der Waals surface area contributed by atoms with Gasteiger partial charge in [-0.1, -0.05) is 76.7 Å². The Bertz CT molecular complexity index is 853. The lowest BCUT2D eigenvalue weighted by atomic mass is 10.1. The molecule has 1 rings (SSSR count). The van der Waals surface area contributed by atoms with E-state index in [4.69, 9.17) is 18.5 Å². The minimum absolute atomic E-state index is 0.377. The highest BCUT2D eigenvalue weighted by molar-refractivity contribution is 7.62. The Morgan fingerprint density at radius 2 is 1.08 bits per heavy atom. The lowest BCUT2D eigenvalue weighted by Crippen LogP contribution is -2.15. The number of hydrogen-bond acceptors (Lipinski definition) is 7. The van der Waals surface area contributed by atoms with Crippen molar-refractivity contribution in [3.63, 3.8) is 0 Å². The van der Waals surface area contributed by atoms with E-state index >= 15 is 0 Å². The van der Waals surface area contributed by atoms with Gasteiger partial charge in [0.1, 0.15) is 0 Å². The number of rotatable bonds is 23. The summed E-state index contributed by atoms with van der Waals surface area (Å²) in [5, 5.41) is 0.653. The topological polar surface area (TPSA) is 88.1 Å². The number of unbranched alkanes of at least 4 members (excludes halogenated alkanes) is 10. The van der Waals surface area contributed by atoms with Crippen molar-refractivity contribution >= 4 is 24.8 Å². The van der Waals surface area contributed by atoms with Crippen LogP contribution in [0.15, 0.2) is 43.5 Å². The average molecular weight is 551 g/mol. The second-order valence-electron chi connectivity index (χ2n) is 9.37. The number of hydrogen-bond donors (Lipinski definition) is 0. The molecule has 0 amide bonds. The molecule has 0 aromatic heterocycles. The fourth-order valence-electron chi connectivity index (χ4n) is 3.86. The van der Waals surface area contributed by atoms with Crippen LogP contribution in [0.1, 0.15) is 88.2 Å². The Morgan fingerprint density at radius 1 is 0.684 bits per heavy atom. The van der Waals surface area contributed by atoms with Crippen LogP contribution in [-0.2, 0) is 32.7 Å². The standard InChI is InChI=1S/C30H47O7P/c1-5-29(31)34-22-15-11-7-9-13-17-24-36-38(33,28-21-19-20-26(3)27(28)4)37-25-18-14-10-8-12-16-23-35-30(32)6-2/h5-6,19-21H,1-2,7-18,22-25H2,3-4H3. The third kappa shape index (κ3) is 14.7. The minimum Gasteiger partial charge on any atom is -0.463 e. The first-order valence-corrected chi connectivity index (χ1v) is 15.4. The summed E-state index contributed by atoms with van der Waals surface area (Å²) in [6, 6.07) is 5.75. The Hall–Kier alpha value is -2.21. The zero-order chi connectivity index (χ0) is 28.1. The molecule has 214 valence electrons. The minimum atomic E-state index is -3.42. The first-order chi connectivity index (χ1) is 18.3. The molecule has 1 aromatic rings. The predicted molar refractivity (Wildman–Crippen MR) is 153 cm³/mol. The van der Waals surface area contributed by atoms with Gasteiger partial charge in [0.2, 0.25) is 0 Å². The summed E-state index contributed by atoms with van der Waals surface area (Å²) in [5.41, 5.74) is 2.01. The molecule has 0 radical (unpaired) electrons. The summed E-state index contributed by atoms with van der Waals surface area (Å²) in [7, 11) is -3.42. The molecule has 0 aliphatic carbocycles. The van der Waals surface area contributed by atoms with E-state index in [0.29, 0.717) is 31.7 Å². The van der Waals surface area contributed by atoms with Gasteiger partial charge in [-0.15, -0.1) is 0 Å². The highest BCUT2D eigenvalue weighted by Crippen LogP contribution is 2.48. The maximum Gasteiger partial charge on any atom is 0.361 e. The second kappa shape index (κ2) is 20.7. The lowest BCUT2D eigenvalue weighted by molar-refractivity contribution is -0.138. The van der Waals surface area contributed by atoms with E-state index in [2.05, 4.69) is 13.2 Å². The number of esters is 2. The maximum absolute atomic E-state index is 13.8. The van der Waals surface area contributed by atoms with Gasteiger partial charge in [-0.25, -0.2) is 9.59 Å². The first kappa shape index (κ1) is 33.8. The molecule has 7 nitrogen and oxygen atoms in total. The third-order valence-electron chi connectivity index (χ3n) is 6.29. The van der Waals surface area contributed by atoms with Crippen molar-refractivity contribution in [1.29, 1.82) is 0 Å². The number of aryl methyl sites for hydroxylation is 1. The van der Waals surface area contributed by atoms with Gasteiger partial charge in [0.05, 0.1) is 31.7 Å². The van der Waals surface area contributed by atoms with Crippen molar-refractivity contribution in [2.45, 2.75) is 90.9 Å². The number of benzene rings is 1. The lowest BCUT2D eigenvalue weighted by Gasteiger charge is -2.21. The van der Waals surface area contributed by atoms with Gasteiger partial charge in [-0.2, -0.15) is 0 Å². The zero-order valence-electron chi connectivity index (χ0n) is 23.4. The predicted octanol–water partition coefficient (Wildman–Crippen LogP) is 7.29. The van der Waals surface area contributed by atoms with Gasteiger partial charge in [-0.05, 0) is 56.7 Å². The van der Waals surface area contributed by atoms with E-state index in [-0.39, 0.29) is 11.9 Å². The van der Waals surface area contributed by atoms with Gasteiger partial charge in [0, 0.05) is 12.2 Å². The van der Waals surface area contributed by atoms with E-state index in [9.17, 15) is 14.2 Å². The highest BCUT2D eigenvalue weighted by Gasteiger charge is 2.29. The van der Waals surface area contributed by atoms with E-state index in [1.54, 1.807) is 0 Å². The monoisotopic (exact) mass is 550 g/mol. The van der Waals surface area contributed by atoms with E-state index < -0.39 is 7.60 Å². The Kier molecular flexibility index (Phi) is 18.4. The van der Waals surface area contributed by atoms with Crippen LogP contribution in [0.25, 0.3) is 0 Å². The van der Waals surface area contributed by atoms with Crippen molar-refractivity contribution in [3.8, 4) is 0 Å². The smallest absolute Gasteiger partial charge is 0.361 e. The Labute approximate surface area is 229 Å². The van der Waals surface area contributed by atoms with Crippen molar-refractivity contribution in [2.24, 2.45) is 0 Å². The highest BCUT2D eigenvalue weighted by atomic mass is 31.2. The molecule has 0 saturated heterocycles. The molecule has 0 atom stereocenters. The second-order valence-corrected chi connectivity index (χ2v) is 11.4. The third-order valence-corrected chi connectivity index (χ3v) is 8.41. The van der Waals surface area contributed by atoms with Gasteiger partial charge >= 0.3 is 19.5 Å². The molecule has 0 aliphatic rings. The maximum atomic E-state index is 13.8. The van der Waals surface area contributed by atoms with Gasteiger partial charge in [0.15, 0.2) is 0 Å². The van der Waals surface area contributed by atoms with Gasteiger partial charge in [-0.3, -0.25) is 4.57 Å². The fraction of sp³-hybridized carbons (Fsp3) is 0.600. The summed E-state index contributed by atoms with van der Waals surface area (Å²) in [6.45, 7) is 12.4. The van der Waals surface area contributed by atoms with Crippen molar-refractivity contribution in [3.05, 3.63) is 54.6 Å². The van der Waals surface area contributed by atoms with Crippen LogP contribution < -0.4 is 5.30 Å². The summed E-state index contributed by atoms with van der Waals surface area (Å²) < 4.78 is 35.7. The first-order valence-electron chi connectivity index (χ1n) is 13.9. The normalized spacial score (nSPS) is 11.2. The molecular weight excluding hydrogens is 503 g/mol. The largest absolute Gasteiger partial charge is 0.463 e. The summed E-state index contributed by atoms with van der Waals surface area (Å²) in [6.07, 6.45) is 13.8. The van der Waals surface area contributed by atoms with E-state index in [1.165, 1.54) is 12.2 Å². The quantitative estimate of drug-likeness (QED) is 0.0612. The van der Waals surface area contributed by atoms with Crippen molar-refractivity contribution in [1.82, 2.24) is 0 Å². The number of ether oxygens (including phenoxy) is 2. The van der Waals surface area contributed by atoms with Gasteiger partial charge in [0.25, 0.3) is 0 Å². The van der Waals surface area contributed by atoms with Crippen molar-refractivity contribution in [2.75, 3.05) is 26.4 Å². The van der Waals surface area contributed by atoms with Crippen LogP contribution in [0.2, 0.25) is 0 Å². The number of carbonyl (C=O) groups is 2. The molecular formula is C30H47O7P. The molecule has 1 aromatic carbocycles. The van der Waals surface area contributed by atoms with Crippen LogP contribution >= 0.6 is 7.60 Å². The van der Waals surface area contributed by atoms with Crippen LogP contribution in [0.3, 0.4) is 0 Å².